The molecule has 36 heavy (non-hydrogen) atoms. The second-order valence-corrected chi connectivity index (χ2v) is 9.89. The van der Waals surface area contributed by atoms with Crippen LogP contribution < -0.4 is 0 Å². The summed E-state index contributed by atoms with van der Waals surface area (Å²) in [4.78, 5) is 28.9. The number of aliphatic hydroxyl groups is 1. The number of carbonyl (C=O) groups excluding carboxylic acids is 2. The Kier molecular flexibility index (Phi) is 6.84. The third-order valence-corrected chi connectivity index (χ3v) is 7.66. The maximum atomic E-state index is 13.3. The maximum Gasteiger partial charge on any atom is 0.298 e. The monoisotopic (exact) mass is 484 g/mol. The van der Waals surface area contributed by atoms with Crippen molar-refractivity contribution in [1.29, 1.82) is 0 Å². The van der Waals surface area contributed by atoms with E-state index in [0.717, 1.165) is 36.8 Å². The van der Waals surface area contributed by atoms with Crippen molar-refractivity contribution in [3.63, 3.8) is 0 Å². The molecule has 0 unspecified atom stereocenters. The summed E-state index contributed by atoms with van der Waals surface area (Å²) in [7, 11) is 0. The van der Waals surface area contributed by atoms with E-state index in [0.29, 0.717) is 49.7 Å². The molecule has 3 aromatic rings. The number of piperidine rings is 1. The lowest BCUT2D eigenvalue weighted by Gasteiger charge is -2.37. The summed E-state index contributed by atoms with van der Waals surface area (Å²) in [6.07, 6.45) is 3.86. The molecule has 6 nitrogen and oxygen atoms in total. The van der Waals surface area contributed by atoms with Crippen molar-refractivity contribution in [2.24, 2.45) is 0 Å². The SMILES string of the molecule is CC#CC(=O)N1CCC(O)(c2ccc3oc(C(=O)N4CCC[C@H](c5ccccc5)CC4)cc3c2)CC1. The summed E-state index contributed by atoms with van der Waals surface area (Å²) in [6.45, 7) is 3.98. The normalized spacial score (nSPS) is 19.9. The van der Waals surface area contributed by atoms with Gasteiger partial charge in [-0.1, -0.05) is 42.3 Å². The Morgan fingerprint density at radius 1 is 0.972 bits per heavy atom. The fourth-order valence-electron chi connectivity index (χ4n) is 5.51. The van der Waals surface area contributed by atoms with E-state index in [4.69, 9.17) is 4.42 Å². The van der Waals surface area contributed by atoms with Gasteiger partial charge in [0.1, 0.15) is 5.58 Å². The number of carbonyl (C=O) groups is 2. The van der Waals surface area contributed by atoms with Gasteiger partial charge >= 0.3 is 0 Å². The number of benzene rings is 2. The minimum atomic E-state index is -1.02. The van der Waals surface area contributed by atoms with E-state index < -0.39 is 5.60 Å². The fourth-order valence-corrected chi connectivity index (χ4v) is 5.51. The minimum Gasteiger partial charge on any atom is -0.451 e. The predicted molar refractivity (Wildman–Crippen MR) is 138 cm³/mol. The molecule has 2 aliphatic heterocycles. The van der Waals surface area contributed by atoms with Gasteiger partial charge in [-0.15, -0.1) is 0 Å². The number of hydrogen-bond donors (Lipinski definition) is 1. The van der Waals surface area contributed by atoms with Crippen molar-refractivity contribution < 1.29 is 19.1 Å². The van der Waals surface area contributed by atoms with Crippen molar-refractivity contribution in [2.75, 3.05) is 26.2 Å². The molecular formula is C30H32N2O4. The summed E-state index contributed by atoms with van der Waals surface area (Å²) < 4.78 is 5.95. The average Bonchev–Trinajstić information content (AvgIpc) is 3.18. The molecular weight excluding hydrogens is 452 g/mol. The molecule has 0 saturated carbocycles. The molecule has 1 atom stereocenters. The van der Waals surface area contributed by atoms with Crippen LogP contribution in [0.25, 0.3) is 11.0 Å². The molecule has 2 saturated heterocycles. The molecule has 0 aliphatic carbocycles. The lowest BCUT2D eigenvalue weighted by atomic mass is 9.84. The standard InChI is InChI=1S/C30H32N2O4/c1-2-7-28(33)31-18-14-30(35,15-19-31)25-11-12-26-24(20-25)21-27(36-26)29(34)32-16-6-10-23(13-17-32)22-8-4-3-5-9-22/h3-5,8-9,11-12,20-21,23,35H,6,10,13-19H2,1H3/t23-/m0/s1. The van der Waals surface area contributed by atoms with Gasteiger partial charge in [0.25, 0.3) is 11.8 Å². The Morgan fingerprint density at radius 2 is 1.75 bits per heavy atom. The Morgan fingerprint density at radius 3 is 2.50 bits per heavy atom. The topological polar surface area (TPSA) is 74.0 Å². The zero-order chi connectivity index (χ0) is 25.1. The third kappa shape index (κ3) is 4.89. The number of furan rings is 1. The molecule has 0 radical (unpaired) electrons. The first-order valence-corrected chi connectivity index (χ1v) is 12.8. The molecule has 0 bridgehead atoms. The van der Waals surface area contributed by atoms with Gasteiger partial charge in [-0.2, -0.15) is 0 Å². The summed E-state index contributed by atoms with van der Waals surface area (Å²) >= 11 is 0. The van der Waals surface area contributed by atoms with E-state index in [1.165, 1.54) is 5.56 Å². The van der Waals surface area contributed by atoms with Gasteiger partial charge in [-0.3, -0.25) is 9.59 Å². The van der Waals surface area contributed by atoms with E-state index in [2.05, 4.69) is 36.1 Å². The van der Waals surface area contributed by atoms with Crippen LogP contribution in [0.5, 0.6) is 0 Å². The first-order chi connectivity index (χ1) is 17.5. The average molecular weight is 485 g/mol. The summed E-state index contributed by atoms with van der Waals surface area (Å²) in [5, 5.41) is 12.1. The highest BCUT2D eigenvalue weighted by Gasteiger charge is 2.35. The van der Waals surface area contributed by atoms with Crippen molar-refractivity contribution in [2.45, 2.75) is 50.5 Å². The first kappa shape index (κ1) is 24.1. The second kappa shape index (κ2) is 10.2. The molecule has 6 heteroatoms. The van der Waals surface area contributed by atoms with Crippen LogP contribution in [0.15, 0.2) is 59.0 Å². The maximum absolute atomic E-state index is 13.3. The molecule has 2 aromatic carbocycles. The van der Waals surface area contributed by atoms with Crippen LogP contribution in [0, 0.1) is 11.8 Å². The summed E-state index contributed by atoms with van der Waals surface area (Å²) in [6, 6.07) is 17.9. The minimum absolute atomic E-state index is 0.0796. The summed E-state index contributed by atoms with van der Waals surface area (Å²) in [5.41, 5.74) is 1.73. The number of rotatable bonds is 3. The lowest BCUT2D eigenvalue weighted by molar-refractivity contribution is -0.129. The highest BCUT2D eigenvalue weighted by atomic mass is 16.3. The highest BCUT2D eigenvalue weighted by molar-refractivity contribution is 5.96. The molecule has 2 amide bonds. The van der Waals surface area contributed by atoms with Crippen molar-refractivity contribution in [3.8, 4) is 11.8 Å². The van der Waals surface area contributed by atoms with E-state index in [1.807, 2.05) is 29.2 Å². The largest absolute Gasteiger partial charge is 0.451 e. The van der Waals surface area contributed by atoms with E-state index in [-0.39, 0.29) is 11.8 Å². The van der Waals surface area contributed by atoms with Gasteiger partial charge < -0.3 is 19.3 Å². The van der Waals surface area contributed by atoms with E-state index >= 15 is 0 Å². The molecule has 2 aliphatic rings. The van der Waals surface area contributed by atoms with Crippen LogP contribution in [-0.2, 0) is 10.4 Å². The van der Waals surface area contributed by atoms with Crippen molar-refractivity contribution in [1.82, 2.24) is 9.80 Å². The Labute approximate surface area is 211 Å². The Hall–Kier alpha value is -3.56. The quantitative estimate of drug-likeness (QED) is 0.548. The molecule has 0 spiro atoms. The predicted octanol–water partition coefficient (Wildman–Crippen LogP) is 4.68. The Balaban J connectivity index is 1.28. The lowest BCUT2D eigenvalue weighted by Crippen LogP contribution is -2.44. The number of likely N-dealkylation sites (tertiary alicyclic amines) is 2. The third-order valence-electron chi connectivity index (χ3n) is 7.66. The molecule has 186 valence electrons. The summed E-state index contributed by atoms with van der Waals surface area (Å²) in [5.74, 6) is 5.74. The van der Waals surface area contributed by atoms with Crippen molar-refractivity contribution >= 4 is 22.8 Å². The zero-order valence-electron chi connectivity index (χ0n) is 20.7. The number of nitrogens with zero attached hydrogens (tertiary/aromatic N) is 2. The van der Waals surface area contributed by atoms with Crippen LogP contribution in [0.1, 0.15) is 66.6 Å². The van der Waals surface area contributed by atoms with E-state index in [9.17, 15) is 14.7 Å². The van der Waals surface area contributed by atoms with Gasteiger partial charge in [0.15, 0.2) is 5.76 Å². The van der Waals surface area contributed by atoms with Crippen molar-refractivity contribution in [3.05, 3.63) is 71.5 Å². The van der Waals surface area contributed by atoms with Gasteiger partial charge in [0, 0.05) is 31.6 Å². The van der Waals surface area contributed by atoms with Gasteiger partial charge in [-0.05, 0) is 80.2 Å². The molecule has 3 heterocycles. The number of fused-ring (bicyclic) bond motifs is 1. The number of amides is 2. The first-order valence-electron chi connectivity index (χ1n) is 12.8. The van der Waals surface area contributed by atoms with Crippen LogP contribution >= 0.6 is 0 Å². The van der Waals surface area contributed by atoms with Gasteiger partial charge in [-0.25, -0.2) is 0 Å². The highest BCUT2D eigenvalue weighted by Crippen LogP contribution is 2.35. The fraction of sp³-hybridized carbons (Fsp3) is 0.400. The molecule has 2 fully saturated rings. The second-order valence-electron chi connectivity index (χ2n) is 9.89. The smallest absolute Gasteiger partial charge is 0.298 e. The van der Waals surface area contributed by atoms with Gasteiger partial charge in [0.2, 0.25) is 0 Å². The van der Waals surface area contributed by atoms with Crippen LogP contribution in [0.4, 0.5) is 0 Å². The van der Waals surface area contributed by atoms with Crippen LogP contribution in [-0.4, -0.2) is 52.9 Å². The van der Waals surface area contributed by atoms with E-state index in [1.54, 1.807) is 17.9 Å². The molecule has 1 aromatic heterocycles. The van der Waals surface area contributed by atoms with Gasteiger partial charge in [0.05, 0.1) is 5.60 Å². The molecule has 5 rings (SSSR count). The molecule has 1 N–H and O–H groups in total. The Bertz CT molecular complexity index is 1310. The van der Waals surface area contributed by atoms with Crippen LogP contribution in [0.3, 0.4) is 0 Å². The van der Waals surface area contributed by atoms with Crippen LogP contribution in [0.2, 0.25) is 0 Å². The number of hydrogen-bond acceptors (Lipinski definition) is 4. The zero-order valence-corrected chi connectivity index (χ0v) is 20.7.